The van der Waals surface area contributed by atoms with Crippen molar-refractivity contribution >= 4 is 102 Å². The topological polar surface area (TPSA) is 241 Å². The van der Waals surface area contributed by atoms with Gasteiger partial charge in [-0.2, -0.15) is 43.7 Å². The number of carbonyl (C=O) groups is 4. The highest BCUT2D eigenvalue weighted by atomic mass is 16.6. The first-order chi connectivity index (χ1) is 35.3. The molecule has 8 aromatic rings. The Labute approximate surface area is 423 Å². The Hall–Kier alpha value is -9.83. The van der Waals surface area contributed by atoms with Gasteiger partial charge in [0.05, 0.1) is 19.7 Å². The van der Waals surface area contributed by atoms with Gasteiger partial charge in [-0.05, 0) is 27.7 Å². The van der Waals surface area contributed by atoms with Crippen LogP contribution in [0.5, 0.6) is 0 Å². The van der Waals surface area contributed by atoms with E-state index in [-0.39, 0.29) is 45.9 Å². The van der Waals surface area contributed by atoms with E-state index in [4.69, 9.17) is 0 Å². The molecule has 0 bridgehead atoms. The standard InChI is InChI=1S/C32H28BO4.C24H16BN4O8/c1-21(34)25-5-13-29(14-6-25)33(30-15-7-26(8-16-30)22(2)35,31-17-9-27(10-18-31)23(3)36)32-19-11-28(12-20-32)24(4)37;30-26(31)21-9-1-17(2-10-21)25(18-3-11-22(12-4-18)27(32)33,19-5-13-23(14-6-19)28(34)35)20-7-15-24(16-8-20)29(36)37/h5-20H,1-4H3;1-16H/q2*-1. The summed E-state index contributed by atoms with van der Waals surface area (Å²) in [7, 11) is 0. The molecule has 8 rings (SSSR count). The van der Waals surface area contributed by atoms with E-state index >= 15 is 0 Å². The SMILES string of the molecule is CC(=O)c1ccc([B-](c2ccc(C(C)=O)cc2)(c2ccc(C(C)=O)cc2)c2ccc(C(C)=O)cc2)cc1.O=[N+]([O-])c1ccc([B-](c2ccc([N+](=O)[O-])cc2)(c2ccc([N+](=O)[O-])cc2)c2ccc([N+](=O)[O-])cc2)cc1. The highest BCUT2D eigenvalue weighted by Gasteiger charge is 2.34. The molecule has 0 aliphatic carbocycles. The molecule has 0 amide bonds. The van der Waals surface area contributed by atoms with Crippen LogP contribution >= 0.6 is 0 Å². The van der Waals surface area contributed by atoms with Gasteiger partial charge in [0, 0.05) is 70.8 Å². The lowest BCUT2D eigenvalue weighted by Crippen LogP contribution is -2.74. The minimum atomic E-state index is -2.25. The van der Waals surface area contributed by atoms with Crippen LogP contribution in [-0.2, 0) is 0 Å². The smallest absolute Gasteiger partial charge is 0.269 e. The summed E-state index contributed by atoms with van der Waals surface area (Å²) < 4.78 is 0. The summed E-state index contributed by atoms with van der Waals surface area (Å²) in [5, 5.41) is 45.2. The maximum atomic E-state index is 12.0. The van der Waals surface area contributed by atoms with Gasteiger partial charge in [-0.25, -0.2) is 0 Å². The van der Waals surface area contributed by atoms with E-state index in [1.54, 1.807) is 48.5 Å². The summed E-state index contributed by atoms with van der Waals surface area (Å²) in [4.78, 5) is 91.1. The Kier molecular flexibility index (Phi) is 15.2. The fourth-order valence-corrected chi connectivity index (χ4v) is 9.87. The third-order valence-electron chi connectivity index (χ3n) is 13.7. The number of carbonyl (C=O) groups excluding carboxylic acids is 4. The summed E-state index contributed by atoms with van der Waals surface area (Å²) in [6.07, 6.45) is -4.06. The van der Waals surface area contributed by atoms with E-state index in [2.05, 4.69) is 0 Å². The lowest BCUT2D eigenvalue weighted by Gasteiger charge is -2.44. The van der Waals surface area contributed by atoms with Gasteiger partial charge in [0.25, 0.3) is 22.7 Å². The van der Waals surface area contributed by atoms with Crippen molar-refractivity contribution in [3.8, 4) is 0 Å². The number of ketones is 4. The van der Waals surface area contributed by atoms with E-state index in [1.807, 2.05) is 97.1 Å². The molecule has 0 unspecified atom stereocenters. The molecule has 8 aromatic carbocycles. The summed E-state index contributed by atoms with van der Waals surface area (Å²) in [5.41, 5.74) is 7.88. The zero-order chi connectivity index (χ0) is 53.5. The van der Waals surface area contributed by atoms with Gasteiger partial charge >= 0.3 is 0 Å². The summed E-state index contributed by atoms with van der Waals surface area (Å²) in [6, 6.07) is 53.2. The van der Waals surface area contributed by atoms with Crippen molar-refractivity contribution in [2.24, 2.45) is 0 Å². The Balaban J connectivity index is 0.000000216. The van der Waals surface area contributed by atoms with E-state index in [9.17, 15) is 59.6 Å². The molecule has 0 radical (unpaired) electrons. The average molecular weight is 987 g/mol. The maximum Gasteiger partial charge on any atom is 0.269 e. The molecule has 0 heterocycles. The van der Waals surface area contributed by atoms with Crippen LogP contribution in [0.3, 0.4) is 0 Å². The van der Waals surface area contributed by atoms with E-state index in [1.165, 1.54) is 76.2 Å². The zero-order valence-electron chi connectivity index (χ0n) is 40.3. The molecule has 74 heavy (non-hydrogen) atoms. The molecule has 0 aromatic heterocycles. The molecule has 0 N–H and O–H groups in total. The second-order valence-corrected chi connectivity index (χ2v) is 17.8. The number of nitrogens with zero attached hydrogens (tertiary/aromatic N) is 4. The molecule has 0 atom stereocenters. The predicted molar refractivity (Wildman–Crippen MR) is 287 cm³/mol. The highest BCUT2D eigenvalue weighted by Crippen LogP contribution is 2.20. The lowest BCUT2D eigenvalue weighted by molar-refractivity contribution is -0.385. The molecular weight excluding hydrogens is 942 g/mol. The van der Waals surface area contributed by atoms with Crippen LogP contribution < -0.4 is 43.7 Å². The molecule has 0 spiro atoms. The second kappa shape index (κ2) is 21.7. The van der Waals surface area contributed by atoms with Crippen LogP contribution in [0.1, 0.15) is 69.1 Å². The monoisotopic (exact) mass is 986 g/mol. The first-order valence-corrected chi connectivity index (χ1v) is 23.1. The molecule has 0 aliphatic rings. The molecule has 0 saturated carbocycles. The second-order valence-electron chi connectivity index (χ2n) is 17.8. The zero-order valence-corrected chi connectivity index (χ0v) is 40.3. The maximum absolute atomic E-state index is 12.0. The Morgan fingerprint density at radius 3 is 0.486 bits per heavy atom. The summed E-state index contributed by atoms with van der Waals surface area (Å²) >= 11 is 0. The third-order valence-corrected chi connectivity index (χ3v) is 13.7. The molecule has 368 valence electrons. The number of Topliss-reactive ketones (excluding diaryl/α,β-unsaturated/α-hetero) is 4. The van der Waals surface area contributed by atoms with Crippen molar-refractivity contribution in [3.63, 3.8) is 0 Å². The van der Waals surface area contributed by atoms with Crippen LogP contribution in [0.2, 0.25) is 0 Å². The molecule has 18 heteroatoms. The van der Waals surface area contributed by atoms with Gasteiger partial charge in [-0.15, -0.1) is 0 Å². The van der Waals surface area contributed by atoms with Gasteiger partial charge < -0.3 is 0 Å². The van der Waals surface area contributed by atoms with E-state index < -0.39 is 32.0 Å². The Morgan fingerprint density at radius 1 is 0.257 bits per heavy atom. The summed E-state index contributed by atoms with van der Waals surface area (Å²) in [6.45, 7) is 6.15. The van der Waals surface area contributed by atoms with Crippen molar-refractivity contribution in [1.82, 2.24) is 0 Å². The predicted octanol–water partition coefficient (Wildman–Crippen LogP) is 6.57. The molecule has 0 saturated heterocycles. The van der Waals surface area contributed by atoms with Crippen LogP contribution in [0.15, 0.2) is 194 Å². The summed E-state index contributed by atoms with van der Waals surface area (Å²) in [5.74, 6) is -0.0849. The number of non-ortho nitro benzene ring substituents is 4. The fourth-order valence-electron chi connectivity index (χ4n) is 9.87. The number of nitro benzene ring substituents is 4. The van der Waals surface area contributed by atoms with Gasteiger partial charge in [0.1, 0.15) is 12.3 Å². The minimum Gasteiger partial charge on any atom is -0.295 e. The number of hydrogen-bond acceptors (Lipinski definition) is 12. The van der Waals surface area contributed by atoms with Crippen molar-refractivity contribution in [1.29, 1.82) is 0 Å². The fraction of sp³-hybridized carbons (Fsp3) is 0.0714. The third kappa shape index (κ3) is 10.3. The minimum absolute atomic E-state index is 0.0212. The lowest BCUT2D eigenvalue weighted by atomic mass is 9.13. The highest BCUT2D eigenvalue weighted by molar-refractivity contribution is 7.20. The number of benzene rings is 8. The van der Waals surface area contributed by atoms with Gasteiger partial charge in [-0.3, -0.25) is 59.6 Å². The molecule has 0 fully saturated rings. The largest absolute Gasteiger partial charge is 0.295 e. The number of hydrogen-bond donors (Lipinski definition) is 0. The van der Waals surface area contributed by atoms with Crippen LogP contribution in [0.4, 0.5) is 22.7 Å². The molecule has 16 nitrogen and oxygen atoms in total. The molecule has 0 aliphatic heterocycles. The normalized spacial score (nSPS) is 11.1. The number of nitro groups is 4. The number of rotatable bonds is 16. The van der Waals surface area contributed by atoms with Crippen molar-refractivity contribution in [3.05, 3.63) is 257 Å². The van der Waals surface area contributed by atoms with Crippen molar-refractivity contribution in [2.45, 2.75) is 27.7 Å². The van der Waals surface area contributed by atoms with Gasteiger partial charge in [-0.1, -0.05) is 146 Å². The average Bonchev–Trinajstić information content (AvgIpc) is 3.40. The first kappa shape index (κ1) is 52.0. The van der Waals surface area contributed by atoms with Crippen LogP contribution in [-0.4, -0.2) is 55.1 Å². The van der Waals surface area contributed by atoms with Crippen LogP contribution in [0, 0.1) is 40.5 Å². The van der Waals surface area contributed by atoms with E-state index in [0.717, 1.165) is 21.9 Å². The molecular formula is C56H44B2N4O12-2. The Bertz CT molecular complexity index is 2760. The van der Waals surface area contributed by atoms with Gasteiger partial charge in [0.15, 0.2) is 23.1 Å². The van der Waals surface area contributed by atoms with Crippen LogP contribution in [0.25, 0.3) is 0 Å². The Morgan fingerprint density at radius 2 is 0.378 bits per heavy atom. The van der Waals surface area contributed by atoms with E-state index in [0.29, 0.717) is 44.1 Å². The van der Waals surface area contributed by atoms with Gasteiger partial charge in [0.2, 0.25) is 0 Å². The van der Waals surface area contributed by atoms with Crippen molar-refractivity contribution in [2.75, 3.05) is 0 Å². The quantitative estimate of drug-likeness (QED) is 0.0432. The van der Waals surface area contributed by atoms with Crippen molar-refractivity contribution < 1.29 is 38.9 Å². The first-order valence-electron chi connectivity index (χ1n) is 23.1.